The van der Waals surface area contributed by atoms with Crippen molar-refractivity contribution in [1.82, 2.24) is 0 Å². The van der Waals surface area contributed by atoms with Crippen LogP contribution in [0, 0.1) is 12.3 Å². The van der Waals surface area contributed by atoms with E-state index in [2.05, 4.69) is 26.7 Å². The second-order valence-electron chi connectivity index (χ2n) is 4.68. The van der Waals surface area contributed by atoms with Crippen LogP contribution in [0.4, 0.5) is 0 Å². The minimum absolute atomic E-state index is 0.264. The first kappa shape index (κ1) is 17.2. The molecular formula is C14H26O3Si. The molecule has 0 fully saturated rings. The van der Waals surface area contributed by atoms with Crippen LogP contribution in [0.1, 0.15) is 41.0 Å². The second kappa shape index (κ2) is 7.60. The molecule has 1 atom stereocenters. The smallest absolute Gasteiger partial charge is 0.337 e. The average Bonchev–Trinajstić information content (AvgIpc) is 2.37. The van der Waals surface area contributed by atoms with Crippen molar-refractivity contribution < 1.29 is 14.0 Å². The fraction of sp³-hybridized carbons (Fsp3) is 0.786. The molecule has 0 aromatic carbocycles. The van der Waals surface area contributed by atoms with Crippen molar-refractivity contribution in [3.05, 3.63) is 0 Å². The summed E-state index contributed by atoms with van der Waals surface area (Å²) in [6.07, 6.45) is 5.63. The van der Waals surface area contributed by atoms with Gasteiger partial charge in [0.15, 0.2) is 13.9 Å². The summed E-state index contributed by atoms with van der Waals surface area (Å²) >= 11 is 0. The third kappa shape index (κ3) is 4.15. The monoisotopic (exact) mass is 270 g/mol. The third-order valence-electron chi connectivity index (χ3n) is 3.52. The van der Waals surface area contributed by atoms with E-state index in [4.69, 9.17) is 15.6 Å². The lowest BCUT2D eigenvalue weighted by Crippen LogP contribution is -2.50. The number of terminal acetylenes is 1. The van der Waals surface area contributed by atoms with E-state index in [0.29, 0.717) is 6.61 Å². The largest absolute Gasteiger partial charge is 0.464 e. The Labute approximate surface area is 112 Å². The van der Waals surface area contributed by atoms with Crippen LogP contribution in [-0.4, -0.2) is 26.5 Å². The molecule has 0 amide bonds. The van der Waals surface area contributed by atoms with Crippen molar-refractivity contribution in [2.45, 2.75) is 64.8 Å². The Morgan fingerprint density at radius 2 is 1.72 bits per heavy atom. The van der Waals surface area contributed by atoms with Gasteiger partial charge in [0.2, 0.25) is 0 Å². The summed E-state index contributed by atoms with van der Waals surface area (Å²) in [7, 11) is -1.88. The Morgan fingerprint density at radius 3 is 2.06 bits per heavy atom. The maximum absolute atomic E-state index is 12.1. The fourth-order valence-electron chi connectivity index (χ4n) is 2.07. The van der Waals surface area contributed by atoms with E-state index in [1.807, 2.05) is 0 Å². The number of hydrogen-bond acceptors (Lipinski definition) is 3. The van der Waals surface area contributed by atoms with Crippen LogP contribution in [-0.2, 0) is 14.0 Å². The molecule has 0 saturated heterocycles. The highest BCUT2D eigenvalue weighted by Crippen LogP contribution is 2.30. The second-order valence-corrected chi connectivity index (χ2v) is 9.37. The maximum atomic E-state index is 12.1. The van der Waals surface area contributed by atoms with Gasteiger partial charge in [0.25, 0.3) is 0 Å². The lowest BCUT2D eigenvalue weighted by molar-refractivity contribution is -0.160. The van der Waals surface area contributed by atoms with Gasteiger partial charge in [-0.15, -0.1) is 12.3 Å². The first-order chi connectivity index (χ1) is 8.43. The molecule has 0 unspecified atom stereocenters. The zero-order valence-electron chi connectivity index (χ0n) is 12.3. The number of ether oxygens (including phenoxy) is 1. The standard InChI is InChI=1S/C14H26O3Si/c1-7-12-14(6,13(15)16-8-2)17-18(9-3,10-4)11-5/h1H,8-12H2,2-6H3/t14-/m1/s1. The Bertz CT molecular complexity index is 296. The van der Waals surface area contributed by atoms with Crippen molar-refractivity contribution in [2.24, 2.45) is 0 Å². The Hall–Kier alpha value is -0.793. The van der Waals surface area contributed by atoms with Gasteiger partial charge in [-0.05, 0) is 32.0 Å². The zero-order chi connectivity index (χ0) is 14.2. The summed E-state index contributed by atoms with van der Waals surface area (Å²) in [5.74, 6) is 2.20. The third-order valence-corrected chi connectivity index (χ3v) is 8.27. The molecule has 0 aliphatic carbocycles. The van der Waals surface area contributed by atoms with Crippen LogP contribution in [0.2, 0.25) is 18.1 Å². The molecule has 18 heavy (non-hydrogen) atoms. The first-order valence-corrected chi connectivity index (χ1v) is 9.27. The summed E-state index contributed by atoms with van der Waals surface area (Å²) in [5, 5.41) is 0. The summed E-state index contributed by atoms with van der Waals surface area (Å²) in [5.41, 5.74) is -0.987. The van der Waals surface area contributed by atoms with Crippen LogP contribution in [0.25, 0.3) is 0 Å². The topological polar surface area (TPSA) is 35.5 Å². The maximum Gasteiger partial charge on any atom is 0.337 e. The molecule has 0 aliphatic rings. The molecule has 0 spiro atoms. The Morgan fingerprint density at radius 1 is 1.22 bits per heavy atom. The quantitative estimate of drug-likeness (QED) is 0.385. The van der Waals surface area contributed by atoms with Gasteiger partial charge in [0.05, 0.1) is 6.61 Å². The van der Waals surface area contributed by atoms with E-state index in [1.165, 1.54) is 0 Å². The first-order valence-electron chi connectivity index (χ1n) is 6.74. The normalized spacial score (nSPS) is 14.7. The lowest BCUT2D eigenvalue weighted by atomic mass is 10.0. The van der Waals surface area contributed by atoms with E-state index in [1.54, 1.807) is 13.8 Å². The number of hydrogen-bond donors (Lipinski definition) is 0. The number of esters is 1. The molecule has 4 heteroatoms. The van der Waals surface area contributed by atoms with Crippen molar-refractivity contribution in [2.75, 3.05) is 6.61 Å². The van der Waals surface area contributed by atoms with E-state index < -0.39 is 13.9 Å². The van der Waals surface area contributed by atoms with E-state index in [0.717, 1.165) is 18.1 Å². The van der Waals surface area contributed by atoms with Gasteiger partial charge >= 0.3 is 5.97 Å². The van der Waals surface area contributed by atoms with Gasteiger partial charge in [-0.3, -0.25) is 0 Å². The molecule has 3 nitrogen and oxygen atoms in total. The van der Waals surface area contributed by atoms with Gasteiger partial charge in [-0.2, -0.15) is 0 Å². The molecule has 0 bridgehead atoms. The molecule has 0 aliphatic heterocycles. The fourth-order valence-corrected chi connectivity index (χ4v) is 5.12. The van der Waals surface area contributed by atoms with Crippen molar-refractivity contribution in [3.63, 3.8) is 0 Å². The molecule has 0 N–H and O–H groups in total. The lowest BCUT2D eigenvalue weighted by Gasteiger charge is -2.37. The molecule has 104 valence electrons. The van der Waals surface area contributed by atoms with Gasteiger partial charge in [0, 0.05) is 6.42 Å². The van der Waals surface area contributed by atoms with E-state index in [-0.39, 0.29) is 12.4 Å². The number of carbonyl (C=O) groups is 1. The summed E-state index contributed by atoms with van der Waals surface area (Å²) < 4.78 is 11.4. The highest BCUT2D eigenvalue weighted by Gasteiger charge is 2.43. The van der Waals surface area contributed by atoms with Gasteiger partial charge in [-0.1, -0.05) is 20.8 Å². The SMILES string of the molecule is C#CC[C@@](C)(O[Si](CC)(CC)CC)C(=O)OCC. The minimum Gasteiger partial charge on any atom is -0.464 e. The van der Waals surface area contributed by atoms with Gasteiger partial charge in [0.1, 0.15) is 0 Å². The summed E-state index contributed by atoms with van der Waals surface area (Å²) in [6, 6.07) is 2.96. The Balaban J connectivity index is 5.11. The van der Waals surface area contributed by atoms with E-state index >= 15 is 0 Å². The van der Waals surface area contributed by atoms with Crippen LogP contribution < -0.4 is 0 Å². The molecule has 0 aromatic heterocycles. The number of carbonyl (C=O) groups excluding carboxylic acids is 1. The van der Waals surface area contributed by atoms with Crippen LogP contribution >= 0.6 is 0 Å². The number of rotatable bonds is 8. The van der Waals surface area contributed by atoms with Crippen LogP contribution in [0.3, 0.4) is 0 Å². The molecule has 0 heterocycles. The van der Waals surface area contributed by atoms with Crippen LogP contribution in [0.5, 0.6) is 0 Å². The van der Waals surface area contributed by atoms with Crippen molar-refractivity contribution in [1.29, 1.82) is 0 Å². The van der Waals surface area contributed by atoms with Crippen LogP contribution in [0.15, 0.2) is 0 Å². The van der Waals surface area contributed by atoms with Crippen molar-refractivity contribution in [3.8, 4) is 12.3 Å². The van der Waals surface area contributed by atoms with Crippen molar-refractivity contribution >= 4 is 14.3 Å². The summed E-state index contributed by atoms with van der Waals surface area (Å²) in [6.45, 7) is 10.3. The molecular weight excluding hydrogens is 244 g/mol. The molecule has 0 radical (unpaired) electrons. The van der Waals surface area contributed by atoms with Gasteiger partial charge < -0.3 is 9.16 Å². The summed E-state index contributed by atoms with van der Waals surface area (Å²) in [4.78, 5) is 12.1. The molecule has 0 rings (SSSR count). The average molecular weight is 270 g/mol. The predicted octanol–water partition coefficient (Wildman–Crippen LogP) is 3.35. The molecule has 0 saturated carbocycles. The van der Waals surface area contributed by atoms with Gasteiger partial charge in [-0.25, -0.2) is 4.79 Å². The van der Waals surface area contributed by atoms with E-state index in [9.17, 15) is 4.79 Å². The molecule has 0 aromatic rings. The predicted molar refractivity (Wildman–Crippen MR) is 76.8 cm³/mol. The zero-order valence-corrected chi connectivity index (χ0v) is 13.3. The highest BCUT2D eigenvalue weighted by atomic mass is 28.4. The highest BCUT2D eigenvalue weighted by molar-refractivity contribution is 6.73. The minimum atomic E-state index is -1.88. The Kier molecular flexibility index (Phi) is 7.26.